The Morgan fingerprint density at radius 2 is 2.00 bits per heavy atom. The summed E-state index contributed by atoms with van der Waals surface area (Å²) in [5, 5.41) is 5.82. The van der Waals surface area contributed by atoms with E-state index in [1.807, 2.05) is 11.3 Å². The monoisotopic (exact) mass is 287 g/mol. The van der Waals surface area contributed by atoms with Gasteiger partial charge in [-0.3, -0.25) is 0 Å². The average Bonchev–Trinajstić information content (AvgIpc) is 2.94. The smallest absolute Gasteiger partial charge is 0.0322 e. The van der Waals surface area contributed by atoms with E-state index in [9.17, 15) is 0 Å². The van der Waals surface area contributed by atoms with Gasteiger partial charge in [-0.15, -0.1) is 11.3 Å². The Morgan fingerprint density at radius 3 is 2.70 bits per heavy atom. The van der Waals surface area contributed by atoms with Gasteiger partial charge in [0.1, 0.15) is 0 Å². The van der Waals surface area contributed by atoms with Crippen LogP contribution in [0.15, 0.2) is 35.7 Å². The Balaban J connectivity index is 2.01. The second-order valence-corrected chi connectivity index (χ2v) is 6.40. The predicted molar refractivity (Wildman–Crippen MR) is 89.6 cm³/mol. The molecule has 0 bridgehead atoms. The molecule has 0 fully saturated rings. The van der Waals surface area contributed by atoms with Crippen LogP contribution in [0.5, 0.6) is 0 Å². The molecule has 0 saturated carbocycles. The van der Waals surface area contributed by atoms with Crippen LogP contribution in [0, 0.1) is 13.8 Å². The van der Waals surface area contributed by atoms with Crippen LogP contribution in [-0.2, 0) is 6.42 Å². The molecule has 0 aliphatic heterocycles. The lowest BCUT2D eigenvalue weighted by Crippen LogP contribution is -2.22. The van der Waals surface area contributed by atoms with Gasteiger partial charge in [0, 0.05) is 10.9 Å². The fourth-order valence-corrected chi connectivity index (χ4v) is 3.45. The number of benzene rings is 1. The van der Waals surface area contributed by atoms with Gasteiger partial charge in [-0.1, -0.05) is 31.2 Å². The highest BCUT2D eigenvalue weighted by molar-refractivity contribution is 7.09. The molecule has 108 valence electrons. The molecule has 1 unspecified atom stereocenters. The lowest BCUT2D eigenvalue weighted by molar-refractivity contribution is 0.497. The molecule has 2 heteroatoms. The van der Waals surface area contributed by atoms with Crippen LogP contribution < -0.4 is 5.32 Å². The fraction of sp³-hybridized carbons (Fsp3) is 0.444. The topological polar surface area (TPSA) is 12.0 Å². The second-order valence-electron chi connectivity index (χ2n) is 5.37. The number of rotatable bonds is 7. The Bertz CT molecular complexity index is 516. The quantitative estimate of drug-likeness (QED) is 0.752. The van der Waals surface area contributed by atoms with E-state index in [4.69, 9.17) is 0 Å². The van der Waals surface area contributed by atoms with Gasteiger partial charge in [0.15, 0.2) is 0 Å². The zero-order valence-corrected chi connectivity index (χ0v) is 13.6. The Hall–Kier alpha value is -1.12. The zero-order chi connectivity index (χ0) is 14.4. The molecule has 0 saturated heterocycles. The summed E-state index contributed by atoms with van der Waals surface area (Å²) >= 11 is 1.87. The Kier molecular flexibility index (Phi) is 5.81. The Morgan fingerprint density at radius 1 is 1.15 bits per heavy atom. The van der Waals surface area contributed by atoms with Crippen molar-refractivity contribution in [1.82, 2.24) is 5.32 Å². The molecule has 0 aliphatic carbocycles. The lowest BCUT2D eigenvalue weighted by Gasteiger charge is -2.21. The van der Waals surface area contributed by atoms with Crippen molar-refractivity contribution in [3.63, 3.8) is 0 Å². The molecule has 0 aliphatic rings. The maximum absolute atomic E-state index is 3.65. The van der Waals surface area contributed by atoms with Crippen LogP contribution in [0.3, 0.4) is 0 Å². The highest BCUT2D eigenvalue weighted by Crippen LogP contribution is 2.25. The molecule has 1 atom stereocenters. The normalized spacial score (nSPS) is 12.6. The molecule has 0 amide bonds. The van der Waals surface area contributed by atoms with Gasteiger partial charge < -0.3 is 5.32 Å². The summed E-state index contributed by atoms with van der Waals surface area (Å²) in [5.41, 5.74) is 4.30. The molecule has 2 rings (SSSR count). The van der Waals surface area contributed by atoms with Crippen molar-refractivity contribution >= 4 is 11.3 Å². The van der Waals surface area contributed by atoms with Crippen LogP contribution in [0.2, 0.25) is 0 Å². The van der Waals surface area contributed by atoms with Gasteiger partial charge >= 0.3 is 0 Å². The second kappa shape index (κ2) is 7.61. The van der Waals surface area contributed by atoms with Gasteiger partial charge in [-0.2, -0.15) is 0 Å². The minimum atomic E-state index is 0.486. The minimum absolute atomic E-state index is 0.486. The maximum atomic E-state index is 3.65. The predicted octanol–water partition coefficient (Wildman–Crippen LogP) is 5.04. The third kappa shape index (κ3) is 3.94. The highest BCUT2D eigenvalue weighted by Gasteiger charge is 2.13. The van der Waals surface area contributed by atoms with Crippen molar-refractivity contribution in [2.75, 3.05) is 6.54 Å². The molecule has 1 N–H and O–H groups in total. The molecule has 20 heavy (non-hydrogen) atoms. The first-order chi connectivity index (χ1) is 9.72. The zero-order valence-electron chi connectivity index (χ0n) is 12.8. The molecular formula is C18H25NS. The van der Waals surface area contributed by atoms with Crippen molar-refractivity contribution in [3.05, 3.63) is 57.3 Å². The van der Waals surface area contributed by atoms with Gasteiger partial charge in [-0.05, 0) is 67.8 Å². The van der Waals surface area contributed by atoms with Gasteiger partial charge in [-0.25, -0.2) is 0 Å². The van der Waals surface area contributed by atoms with Crippen LogP contribution >= 0.6 is 11.3 Å². The van der Waals surface area contributed by atoms with Gasteiger partial charge in [0.2, 0.25) is 0 Å². The standard InChI is InChI=1S/C18H25NS/c1-4-19-18(12-6-9-16-10-7-13-20-16)17-11-5-8-14(2)15(17)3/h5,7-8,10-11,13,18-19H,4,6,9,12H2,1-3H3. The van der Waals surface area contributed by atoms with E-state index in [1.165, 1.54) is 40.8 Å². The van der Waals surface area contributed by atoms with E-state index in [0.717, 1.165) is 6.54 Å². The van der Waals surface area contributed by atoms with E-state index in [0.29, 0.717) is 6.04 Å². The van der Waals surface area contributed by atoms with Crippen LogP contribution in [0.25, 0.3) is 0 Å². The molecule has 1 heterocycles. The molecule has 1 aromatic heterocycles. The van der Waals surface area contributed by atoms with E-state index in [2.05, 4.69) is 61.8 Å². The van der Waals surface area contributed by atoms with Crippen molar-refractivity contribution in [3.8, 4) is 0 Å². The third-order valence-electron chi connectivity index (χ3n) is 3.97. The fourth-order valence-electron chi connectivity index (χ4n) is 2.70. The molecule has 0 spiro atoms. The number of nitrogens with one attached hydrogen (secondary N) is 1. The molecule has 1 aromatic carbocycles. The van der Waals surface area contributed by atoms with E-state index < -0.39 is 0 Å². The van der Waals surface area contributed by atoms with E-state index >= 15 is 0 Å². The Labute approximate surface area is 127 Å². The first kappa shape index (κ1) is 15.3. The van der Waals surface area contributed by atoms with Crippen LogP contribution in [-0.4, -0.2) is 6.54 Å². The van der Waals surface area contributed by atoms with Gasteiger partial charge in [0.05, 0.1) is 0 Å². The summed E-state index contributed by atoms with van der Waals surface area (Å²) in [6, 6.07) is 11.5. The lowest BCUT2D eigenvalue weighted by atomic mass is 9.94. The minimum Gasteiger partial charge on any atom is -0.310 e. The van der Waals surface area contributed by atoms with Crippen LogP contribution in [0.1, 0.15) is 47.4 Å². The van der Waals surface area contributed by atoms with Crippen molar-refractivity contribution < 1.29 is 0 Å². The molecule has 2 aromatic rings. The molecule has 1 nitrogen and oxygen atoms in total. The summed E-state index contributed by atoms with van der Waals surface area (Å²) in [6.07, 6.45) is 3.64. The van der Waals surface area contributed by atoms with Gasteiger partial charge in [0.25, 0.3) is 0 Å². The number of hydrogen-bond donors (Lipinski definition) is 1. The largest absolute Gasteiger partial charge is 0.310 e. The van der Waals surface area contributed by atoms with Crippen LogP contribution in [0.4, 0.5) is 0 Å². The molecule has 0 radical (unpaired) electrons. The highest BCUT2D eigenvalue weighted by atomic mass is 32.1. The maximum Gasteiger partial charge on any atom is 0.0322 e. The third-order valence-corrected chi connectivity index (χ3v) is 4.90. The van der Waals surface area contributed by atoms with Crippen molar-refractivity contribution in [2.24, 2.45) is 0 Å². The first-order valence-electron chi connectivity index (χ1n) is 7.54. The number of aryl methyl sites for hydroxylation is 2. The summed E-state index contributed by atoms with van der Waals surface area (Å²) in [4.78, 5) is 1.50. The SMILES string of the molecule is CCNC(CCCc1cccs1)c1cccc(C)c1C. The number of hydrogen-bond acceptors (Lipinski definition) is 2. The van der Waals surface area contributed by atoms with Crippen molar-refractivity contribution in [1.29, 1.82) is 0 Å². The summed E-state index contributed by atoms with van der Waals surface area (Å²) < 4.78 is 0. The van der Waals surface area contributed by atoms with Crippen molar-refractivity contribution in [2.45, 2.75) is 46.1 Å². The van der Waals surface area contributed by atoms with E-state index in [1.54, 1.807) is 0 Å². The average molecular weight is 287 g/mol. The summed E-state index contributed by atoms with van der Waals surface area (Å²) in [5.74, 6) is 0. The summed E-state index contributed by atoms with van der Waals surface area (Å²) in [6.45, 7) is 7.66. The molecular weight excluding hydrogens is 262 g/mol. The number of thiophene rings is 1. The van der Waals surface area contributed by atoms with E-state index in [-0.39, 0.29) is 0 Å². The first-order valence-corrected chi connectivity index (χ1v) is 8.42. The summed E-state index contributed by atoms with van der Waals surface area (Å²) in [7, 11) is 0.